The van der Waals surface area contributed by atoms with E-state index < -0.39 is 0 Å². The first-order valence-corrected chi connectivity index (χ1v) is 7.68. The first-order chi connectivity index (χ1) is 7.85. The van der Waals surface area contributed by atoms with Crippen molar-refractivity contribution in [2.75, 3.05) is 19.6 Å². The van der Waals surface area contributed by atoms with E-state index in [4.69, 9.17) is 0 Å². The summed E-state index contributed by atoms with van der Waals surface area (Å²) in [5.74, 6) is 0. The molecule has 0 fully saturated rings. The van der Waals surface area contributed by atoms with Gasteiger partial charge in [-0.2, -0.15) is 0 Å². The zero-order chi connectivity index (χ0) is 12.1. The molecule has 0 radical (unpaired) electrons. The van der Waals surface area contributed by atoms with Crippen molar-refractivity contribution in [1.29, 1.82) is 0 Å². The predicted molar refractivity (Wildman–Crippen MR) is 74.1 cm³/mol. The highest BCUT2D eigenvalue weighted by atomic mass is 79.9. The Morgan fingerprint density at radius 3 is 1.47 bits per heavy atom. The average molecular weight is 308 g/mol. The zero-order valence-electron chi connectivity index (χ0n) is 12.4. The van der Waals surface area contributed by atoms with Crippen molar-refractivity contribution >= 4 is 0 Å². The second-order valence-corrected chi connectivity index (χ2v) is 5.12. The fraction of sp³-hybridized carbons (Fsp3) is 1.00. The van der Waals surface area contributed by atoms with Crippen molar-refractivity contribution in [3.05, 3.63) is 0 Å². The highest BCUT2D eigenvalue weighted by molar-refractivity contribution is 4.41. The molecule has 0 spiro atoms. The van der Waals surface area contributed by atoms with Crippen LogP contribution in [0.25, 0.3) is 0 Å². The minimum Gasteiger partial charge on any atom is -1.00 e. The van der Waals surface area contributed by atoms with Crippen molar-refractivity contribution in [1.82, 2.24) is 0 Å². The van der Waals surface area contributed by atoms with Crippen LogP contribution in [0.2, 0.25) is 0 Å². The molecule has 1 nitrogen and oxygen atoms in total. The number of quaternary nitrogens is 1. The Kier molecular flexibility index (Phi) is 19.1. The molecule has 1 N–H and O–H groups in total. The lowest BCUT2D eigenvalue weighted by molar-refractivity contribution is -0.900. The number of rotatable bonds is 12. The van der Waals surface area contributed by atoms with Crippen molar-refractivity contribution in [2.45, 2.75) is 78.6 Å². The first-order valence-electron chi connectivity index (χ1n) is 7.68. The summed E-state index contributed by atoms with van der Waals surface area (Å²) < 4.78 is 0. The average Bonchev–Trinajstić information content (AvgIpc) is 2.31. The largest absolute Gasteiger partial charge is 1.00 e. The van der Waals surface area contributed by atoms with Crippen LogP contribution in [0.4, 0.5) is 0 Å². The molecule has 1 unspecified atom stereocenters. The quantitative estimate of drug-likeness (QED) is 0.499. The van der Waals surface area contributed by atoms with E-state index >= 15 is 0 Å². The molecular formula is C15H34BrN. The van der Waals surface area contributed by atoms with Crippen molar-refractivity contribution in [3.8, 4) is 0 Å². The fourth-order valence-corrected chi connectivity index (χ4v) is 2.23. The summed E-state index contributed by atoms with van der Waals surface area (Å²) in [6.45, 7) is 11.1. The van der Waals surface area contributed by atoms with E-state index in [-0.39, 0.29) is 17.0 Å². The third kappa shape index (κ3) is 14.4. The van der Waals surface area contributed by atoms with Gasteiger partial charge >= 0.3 is 0 Å². The summed E-state index contributed by atoms with van der Waals surface area (Å²) >= 11 is 0. The second-order valence-electron chi connectivity index (χ2n) is 5.12. The van der Waals surface area contributed by atoms with Gasteiger partial charge in [0.05, 0.1) is 19.6 Å². The molecule has 1 atom stereocenters. The lowest BCUT2D eigenvalue weighted by Gasteiger charge is -2.19. The maximum absolute atomic E-state index is 2.31. The lowest BCUT2D eigenvalue weighted by Crippen LogP contribution is -3.12. The predicted octanol–water partition coefficient (Wildman–Crippen LogP) is 0.446. The molecule has 0 aliphatic heterocycles. The van der Waals surface area contributed by atoms with Gasteiger partial charge in [-0.3, -0.25) is 0 Å². The molecule has 0 rings (SSSR count). The van der Waals surface area contributed by atoms with Gasteiger partial charge in [0.2, 0.25) is 0 Å². The smallest absolute Gasteiger partial charge is 0.0770 e. The number of unbranched alkanes of at least 4 members (excludes halogenated alkanes) is 6. The van der Waals surface area contributed by atoms with E-state index in [9.17, 15) is 0 Å². The molecule has 106 valence electrons. The Balaban J connectivity index is 0. The lowest BCUT2D eigenvalue weighted by atomic mass is 10.2. The van der Waals surface area contributed by atoms with Crippen LogP contribution in [0.1, 0.15) is 78.6 Å². The molecule has 0 bridgehead atoms. The van der Waals surface area contributed by atoms with Gasteiger partial charge in [0.15, 0.2) is 0 Å². The van der Waals surface area contributed by atoms with Crippen LogP contribution in [0.15, 0.2) is 0 Å². The summed E-state index contributed by atoms with van der Waals surface area (Å²) in [6, 6.07) is 0. The van der Waals surface area contributed by atoms with Crippen LogP contribution in [0.3, 0.4) is 0 Å². The van der Waals surface area contributed by atoms with Crippen LogP contribution in [-0.4, -0.2) is 19.6 Å². The highest BCUT2D eigenvalue weighted by Gasteiger charge is 2.06. The van der Waals surface area contributed by atoms with Gasteiger partial charge in [-0.05, 0) is 32.1 Å². The Labute approximate surface area is 120 Å². The van der Waals surface area contributed by atoms with E-state index in [1.807, 2.05) is 4.90 Å². The number of halogens is 1. The Morgan fingerprint density at radius 1 is 0.529 bits per heavy atom. The van der Waals surface area contributed by atoms with Gasteiger partial charge in [0, 0.05) is 0 Å². The maximum atomic E-state index is 2.31. The summed E-state index contributed by atoms with van der Waals surface area (Å²) in [7, 11) is 0. The Bertz CT molecular complexity index is 128. The number of nitrogens with one attached hydrogen (secondary N) is 1. The van der Waals surface area contributed by atoms with Gasteiger partial charge in [-0.15, -0.1) is 0 Å². The van der Waals surface area contributed by atoms with E-state index in [2.05, 4.69) is 20.8 Å². The van der Waals surface area contributed by atoms with Gasteiger partial charge in [-0.1, -0.05) is 46.5 Å². The van der Waals surface area contributed by atoms with E-state index in [0.29, 0.717) is 0 Å². The molecule has 0 amide bonds. The second kappa shape index (κ2) is 16.4. The van der Waals surface area contributed by atoms with Crippen LogP contribution < -0.4 is 21.9 Å². The monoisotopic (exact) mass is 307 g/mol. The van der Waals surface area contributed by atoms with Crippen molar-refractivity contribution in [3.63, 3.8) is 0 Å². The Hall–Kier alpha value is 0.440. The minimum atomic E-state index is 0. The SMILES string of the molecule is CCCCCC[NH+](CCCC)CCCCC.[Br-]. The van der Waals surface area contributed by atoms with Crippen molar-refractivity contribution in [2.24, 2.45) is 0 Å². The molecule has 2 heteroatoms. The molecule has 0 heterocycles. The molecule has 0 aliphatic carbocycles. The summed E-state index contributed by atoms with van der Waals surface area (Å²) in [5, 5.41) is 0. The maximum Gasteiger partial charge on any atom is 0.0770 e. The molecule has 0 aromatic heterocycles. The van der Waals surface area contributed by atoms with Crippen LogP contribution in [0, 0.1) is 0 Å². The van der Waals surface area contributed by atoms with Crippen LogP contribution >= 0.6 is 0 Å². The molecule has 0 aliphatic rings. The third-order valence-electron chi connectivity index (χ3n) is 3.40. The van der Waals surface area contributed by atoms with Crippen LogP contribution in [-0.2, 0) is 0 Å². The van der Waals surface area contributed by atoms with Crippen LogP contribution in [0.5, 0.6) is 0 Å². The number of hydrogen-bond acceptors (Lipinski definition) is 0. The van der Waals surface area contributed by atoms with E-state index in [1.165, 1.54) is 77.4 Å². The standard InChI is InChI=1S/C15H33N.BrH/c1-4-7-10-12-15-16(13-9-6-3)14-11-8-5-2;/h4-15H2,1-3H3;1H. The third-order valence-corrected chi connectivity index (χ3v) is 3.40. The summed E-state index contributed by atoms with van der Waals surface area (Å²) in [4.78, 5) is 1.87. The van der Waals surface area contributed by atoms with Crippen molar-refractivity contribution < 1.29 is 21.9 Å². The normalized spacial score (nSPS) is 12.2. The number of hydrogen-bond donors (Lipinski definition) is 1. The fourth-order valence-electron chi connectivity index (χ4n) is 2.23. The first kappa shape index (κ1) is 19.8. The molecule has 0 aromatic rings. The summed E-state index contributed by atoms with van der Waals surface area (Å²) in [5.41, 5.74) is 0. The Morgan fingerprint density at radius 2 is 0.941 bits per heavy atom. The van der Waals surface area contributed by atoms with E-state index in [1.54, 1.807) is 0 Å². The molecule has 0 saturated heterocycles. The van der Waals surface area contributed by atoms with E-state index in [0.717, 1.165) is 0 Å². The molecular weight excluding hydrogens is 274 g/mol. The minimum absolute atomic E-state index is 0. The zero-order valence-corrected chi connectivity index (χ0v) is 13.9. The molecule has 17 heavy (non-hydrogen) atoms. The molecule has 0 aromatic carbocycles. The van der Waals surface area contributed by atoms with Gasteiger partial charge in [-0.25, -0.2) is 0 Å². The topological polar surface area (TPSA) is 4.44 Å². The van der Waals surface area contributed by atoms with Gasteiger partial charge in [0.1, 0.15) is 0 Å². The molecule has 0 saturated carbocycles. The summed E-state index contributed by atoms with van der Waals surface area (Å²) in [6.07, 6.45) is 12.7. The van der Waals surface area contributed by atoms with Gasteiger partial charge < -0.3 is 21.9 Å². The highest BCUT2D eigenvalue weighted by Crippen LogP contribution is 1.96. The van der Waals surface area contributed by atoms with Gasteiger partial charge in [0.25, 0.3) is 0 Å².